The summed E-state index contributed by atoms with van der Waals surface area (Å²) in [4.78, 5) is 25.9. The number of nitrogens with two attached hydrogens (primary N) is 1. The van der Waals surface area contributed by atoms with Gasteiger partial charge in [0.15, 0.2) is 0 Å². The van der Waals surface area contributed by atoms with E-state index in [1.807, 2.05) is 6.92 Å². The predicted molar refractivity (Wildman–Crippen MR) is 116 cm³/mol. The van der Waals surface area contributed by atoms with E-state index in [0.717, 1.165) is 75.0 Å². The van der Waals surface area contributed by atoms with Gasteiger partial charge < -0.3 is 15.2 Å². The zero-order chi connectivity index (χ0) is 20.7. The van der Waals surface area contributed by atoms with Gasteiger partial charge in [-0.1, -0.05) is 6.92 Å². The third-order valence-electron chi connectivity index (χ3n) is 7.19. The normalized spacial score (nSPS) is 30.2. The van der Waals surface area contributed by atoms with Crippen LogP contribution in [-0.4, -0.2) is 59.2 Å². The number of primary amides is 1. The van der Waals surface area contributed by atoms with Gasteiger partial charge in [-0.3, -0.25) is 9.69 Å². The summed E-state index contributed by atoms with van der Waals surface area (Å²) in [5.41, 5.74) is 6.38. The van der Waals surface area contributed by atoms with Crippen LogP contribution < -0.4 is 10.5 Å². The molecule has 0 radical (unpaired) electrons. The van der Waals surface area contributed by atoms with E-state index in [2.05, 4.69) is 14.9 Å². The molecule has 2 fully saturated rings. The van der Waals surface area contributed by atoms with Gasteiger partial charge in [-0.2, -0.15) is 0 Å². The topological polar surface area (TPSA) is 90.6 Å². The summed E-state index contributed by atoms with van der Waals surface area (Å²) in [5.74, 6) is 0.453. The van der Waals surface area contributed by atoms with E-state index < -0.39 is 5.41 Å². The molecule has 3 aliphatic rings. The molecule has 2 aromatic rings. The van der Waals surface area contributed by atoms with Crippen LogP contribution in [0.25, 0.3) is 10.2 Å². The van der Waals surface area contributed by atoms with Gasteiger partial charge in [-0.05, 0) is 50.5 Å². The monoisotopic (exact) mass is 430 g/mol. The number of aromatic nitrogens is 2. The Kier molecular flexibility index (Phi) is 5.41. The number of aryl methyl sites for hydroxylation is 1. The third-order valence-corrected chi connectivity index (χ3v) is 8.39. The molecule has 0 spiro atoms. The van der Waals surface area contributed by atoms with Gasteiger partial charge in [0.2, 0.25) is 11.8 Å². The second kappa shape index (κ2) is 8.05. The maximum absolute atomic E-state index is 12.1. The fraction of sp³-hybridized carbons (Fsp3) is 0.682. The second-order valence-corrected chi connectivity index (χ2v) is 10.2. The van der Waals surface area contributed by atoms with Gasteiger partial charge in [0, 0.05) is 24.0 Å². The van der Waals surface area contributed by atoms with Crippen molar-refractivity contribution >= 4 is 27.5 Å². The number of morpholine rings is 1. The molecule has 1 aliphatic heterocycles. The number of amides is 1. The van der Waals surface area contributed by atoms with Crippen molar-refractivity contribution in [2.24, 2.45) is 11.1 Å². The average molecular weight is 431 g/mol. The van der Waals surface area contributed by atoms with Crippen molar-refractivity contribution in [3.05, 3.63) is 16.8 Å². The summed E-state index contributed by atoms with van der Waals surface area (Å²) in [6.07, 6.45) is 8.47. The Bertz CT molecular complexity index is 934. The molecule has 162 valence electrons. The van der Waals surface area contributed by atoms with E-state index in [9.17, 15) is 4.79 Å². The van der Waals surface area contributed by atoms with Crippen molar-refractivity contribution in [2.75, 3.05) is 26.3 Å². The van der Waals surface area contributed by atoms with E-state index in [0.29, 0.717) is 18.3 Å². The van der Waals surface area contributed by atoms with Crippen LogP contribution in [0.1, 0.15) is 49.5 Å². The molecule has 1 unspecified atom stereocenters. The number of hydrogen-bond donors (Lipinski definition) is 1. The first kappa shape index (κ1) is 20.2. The van der Waals surface area contributed by atoms with Crippen LogP contribution in [0.15, 0.2) is 6.33 Å². The highest BCUT2D eigenvalue weighted by atomic mass is 32.1. The number of rotatable bonds is 4. The van der Waals surface area contributed by atoms with Crippen LogP contribution in [-0.2, 0) is 22.4 Å². The maximum atomic E-state index is 12.1. The fourth-order valence-electron chi connectivity index (χ4n) is 5.19. The van der Waals surface area contributed by atoms with Crippen LogP contribution in [0.4, 0.5) is 0 Å². The highest BCUT2D eigenvalue weighted by Crippen LogP contribution is 2.45. The molecular formula is C22H30N4O3S. The Balaban J connectivity index is 1.33. The minimum Gasteiger partial charge on any atom is -0.474 e. The van der Waals surface area contributed by atoms with Crippen LogP contribution in [0.5, 0.6) is 5.88 Å². The SMILES string of the molecule is CC1(C(N)=O)CCc2sc3ncnc(O[C@H]4CC[C@H](N5CCOCC5)CC4)c3c2C1. The Labute approximate surface area is 181 Å². The zero-order valence-corrected chi connectivity index (χ0v) is 18.4. The minimum absolute atomic E-state index is 0.182. The number of thiophene rings is 1. The predicted octanol–water partition coefficient (Wildman–Crippen LogP) is 2.69. The molecule has 5 rings (SSSR count). The number of carbonyl (C=O) groups is 1. The molecule has 7 nitrogen and oxygen atoms in total. The van der Waals surface area contributed by atoms with E-state index in [4.69, 9.17) is 15.2 Å². The van der Waals surface area contributed by atoms with E-state index in [1.165, 1.54) is 10.4 Å². The first-order valence-corrected chi connectivity index (χ1v) is 11.9. The smallest absolute Gasteiger partial charge is 0.225 e. The van der Waals surface area contributed by atoms with E-state index in [-0.39, 0.29) is 12.0 Å². The van der Waals surface area contributed by atoms with Crippen LogP contribution >= 0.6 is 11.3 Å². The lowest BCUT2D eigenvalue weighted by Gasteiger charge is -2.38. The highest BCUT2D eigenvalue weighted by molar-refractivity contribution is 7.18. The second-order valence-electron chi connectivity index (χ2n) is 9.16. The Hall–Kier alpha value is -1.77. The number of nitrogens with zero attached hydrogens (tertiary/aromatic N) is 3. The molecule has 2 aliphatic carbocycles. The van der Waals surface area contributed by atoms with Crippen molar-refractivity contribution < 1.29 is 14.3 Å². The molecule has 1 saturated heterocycles. The van der Waals surface area contributed by atoms with E-state index in [1.54, 1.807) is 17.7 Å². The molecule has 30 heavy (non-hydrogen) atoms. The van der Waals surface area contributed by atoms with Gasteiger partial charge in [-0.25, -0.2) is 9.97 Å². The number of carbonyl (C=O) groups excluding carboxylic acids is 1. The first-order chi connectivity index (χ1) is 14.5. The third kappa shape index (κ3) is 3.69. The zero-order valence-electron chi connectivity index (χ0n) is 17.6. The molecule has 3 heterocycles. The van der Waals surface area contributed by atoms with Gasteiger partial charge in [0.05, 0.1) is 24.0 Å². The minimum atomic E-state index is -0.510. The molecule has 2 N–H and O–H groups in total. The van der Waals surface area contributed by atoms with Crippen LogP contribution in [0.2, 0.25) is 0 Å². The molecule has 1 saturated carbocycles. The largest absolute Gasteiger partial charge is 0.474 e. The van der Waals surface area contributed by atoms with Crippen LogP contribution in [0.3, 0.4) is 0 Å². The van der Waals surface area contributed by atoms with Gasteiger partial charge >= 0.3 is 0 Å². The molecule has 2 aromatic heterocycles. The number of fused-ring (bicyclic) bond motifs is 3. The summed E-state index contributed by atoms with van der Waals surface area (Å²) >= 11 is 1.71. The standard InChI is InChI=1S/C22H30N4O3S/c1-22(21(23)27)7-6-17-16(12-22)18-19(24-13-25-20(18)30-17)29-15-4-2-14(3-5-15)26-8-10-28-11-9-26/h13-15H,2-12H2,1H3,(H2,23,27)/t14-,15-,22?. The van der Waals surface area contributed by atoms with Crippen molar-refractivity contribution in [2.45, 2.75) is 64.0 Å². The summed E-state index contributed by atoms with van der Waals surface area (Å²) in [5, 5.41) is 1.000. The summed E-state index contributed by atoms with van der Waals surface area (Å²) in [6.45, 7) is 5.76. The molecular weight excluding hydrogens is 400 g/mol. The molecule has 0 aromatic carbocycles. The Morgan fingerprint density at radius 2 is 2.03 bits per heavy atom. The maximum Gasteiger partial charge on any atom is 0.225 e. The number of hydrogen-bond acceptors (Lipinski definition) is 7. The number of ether oxygens (including phenoxy) is 2. The van der Waals surface area contributed by atoms with Gasteiger partial charge in [0.25, 0.3) is 0 Å². The Morgan fingerprint density at radius 1 is 1.27 bits per heavy atom. The lowest BCUT2D eigenvalue weighted by atomic mass is 9.74. The van der Waals surface area contributed by atoms with Crippen molar-refractivity contribution in [1.29, 1.82) is 0 Å². The van der Waals surface area contributed by atoms with Crippen molar-refractivity contribution in [1.82, 2.24) is 14.9 Å². The fourth-order valence-corrected chi connectivity index (χ4v) is 6.34. The molecule has 8 heteroatoms. The average Bonchev–Trinajstić information content (AvgIpc) is 3.13. The lowest BCUT2D eigenvalue weighted by molar-refractivity contribution is -0.127. The summed E-state index contributed by atoms with van der Waals surface area (Å²) in [6, 6.07) is 0.643. The molecule has 0 bridgehead atoms. The summed E-state index contributed by atoms with van der Waals surface area (Å²) < 4.78 is 11.9. The first-order valence-electron chi connectivity index (χ1n) is 11.1. The van der Waals surface area contributed by atoms with Crippen LogP contribution in [0, 0.1) is 5.41 Å². The summed E-state index contributed by atoms with van der Waals surface area (Å²) in [7, 11) is 0. The van der Waals surface area contributed by atoms with Gasteiger partial charge in [0.1, 0.15) is 17.3 Å². The quantitative estimate of drug-likeness (QED) is 0.802. The lowest BCUT2D eigenvalue weighted by Crippen LogP contribution is -2.46. The van der Waals surface area contributed by atoms with Crippen molar-refractivity contribution in [3.63, 3.8) is 0 Å². The van der Waals surface area contributed by atoms with E-state index >= 15 is 0 Å². The molecule has 1 atom stereocenters. The van der Waals surface area contributed by atoms with Crippen molar-refractivity contribution in [3.8, 4) is 5.88 Å². The molecule has 1 amide bonds. The Morgan fingerprint density at radius 3 is 2.77 bits per heavy atom. The van der Waals surface area contributed by atoms with Gasteiger partial charge in [-0.15, -0.1) is 11.3 Å². The highest BCUT2D eigenvalue weighted by Gasteiger charge is 2.38.